The third kappa shape index (κ3) is 3.55. The van der Waals surface area contributed by atoms with Gasteiger partial charge in [-0.2, -0.15) is 0 Å². The minimum absolute atomic E-state index is 0.195. The summed E-state index contributed by atoms with van der Waals surface area (Å²) in [7, 11) is 1.70. The van der Waals surface area contributed by atoms with Gasteiger partial charge in [0.05, 0.1) is 18.2 Å². The molecule has 2 aromatic carbocycles. The number of ether oxygens (including phenoxy) is 1. The molecule has 4 heteroatoms. The van der Waals surface area contributed by atoms with Crippen LogP contribution in [0.15, 0.2) is 48.5 Å². The summed E-state index contributed by atoms with van der Waals surface area (Å²) in [5.41, 5.74) is 2.86. The van der Waals surface area contributed by atoms with E-state index >= 15 is 0 Å². The molecule has 0 saturated carbocycles. The van der Waals surface area contributed by atoms with Gasteiger partial charge < -0.3 is 14.5 Å². The van der Waals surface area contributed by atoms with E-state index in [2.05, 4.69) is 42.2 Å². The Labute approximate surface area is 156 Å². The Morgan fingerprint density at radius 3 is 2.19 bits per heavy atom. The summed E-state index contributed by atoms with van der Waals surface area (Å²) in [5.74, 6) is 1.08. The first-order valence-electron chi connectivity index (χ1n) is 9.18. The zero-order valence-corrected chi connectivity index (χ0v) is 16.2. The first-order valence-corrected chi connectivity index (χ1v) is 9.18. The number of rotatable bonds is 4. The number of carbonyl (C=O) groups excluding carboxylic acids is 1. The van der Waals surface area contributed by atoms with Crippen LogP contribution in [0.3, 0.4) is 0 Å². The highest BCUT2D eigenvalue weighted by molar-refractivity contribution is 5.87. The van der Waals surface area contributed by atoms with Crippen molar-refractivity contribution in [1.82, 2.24) is 4.90 Å². The van der Waals surface area contributed by atoms with Gasteiger partial charge in [0.15, 0.2) is 0 Å². The lowest BCUT2D eigenvalue weighted by Gasteiger charge is -2.40. The van der Waals surface area contributed by atoms with Crippen LogP contribution >= 0.6 is 0 Å². The fraction of sp³-hybridized carbons (Fsp3) is 0.409. The molecule has 1 aliphatic rings. The van der Waals surface area contributed by atoms with Crippen LogP contribution < -0.4 is 9.64 Å². The largest absolute Gasteiger partial charge is 0.495 e. The van der Waals surface area contributed by atoms with Crippen molar-refractivity contribution >= 4 is 11.6 Å². The lowest BCUT2D eigenvalue weighted by Crippen LogP contribution is -2.53. The molecule has 0 spiro atoms. The van der Waals surface area contributed by atoms with E-state index in [1.54, 1.807) is 7.11 Å². The predicted molar refractivity (Wildman–Crippen MR) is 106 cm³/mol. The quantitative estimate of drug-likeness (QED) is 0.842. The Morgan fingerprint density at radius 1 is 0.962 bits per heavy atom. The molecule has 0 atom stereocenters. The van der Waals surface area contributed by atoms with Gasteiger partial charge in [-0.1, -0.05) is 42.0 Å². The van der Waals surface area contributed by atoms with Crippen LogP contribution in [-0.4, -0.2) is 44.1 Å². The van der Waals surface area contributed by atoms with Crippen molar-refractivity contribution in [3.05, 3.63) is 59.7 Å². The summed E-state index contributed by atoms with van der Waals surface area (Å²) in [6.07, 6.45) is 0. The minimum atomic E-state index is -0.514. The van der Waals surface area contributed by atoms with Gasteiger partial charge in [-0.25, -0.2) is 0 Å². The maximum atomic E-state index is 13.2. The van der Waals surface area contributed by atoms with Gasteiger partial charge >= 0.3 is 0 Å². The normalized spacial score (nSPS) is 15.1. The molecule has 2 aromatic rings. The van der Waals surface area contributed by atoms with Crippen LogP contribution in [0.4, 0.5) is 5.69 Å². The Hall–Kier alpha value is -2.49. The number of anilines is 1. The monoisotopic (exact) mass is 352 g/mol. The maximum absolute atomic E-state index is 13.2. The van der Waals surface area contributed by atoms with Crippen molar-refractivity contribution in [3.8, 4) is 5.75 Å². The zero-order valence-electron chi connectivity index (χ0n) is 16.2. The number of benzene rings is 2. The third-order valence-corrected chi connectivity index (χ3v) is 5.30. The van der Waals surface area contributed by atoms with Crippen molar-refractivity contribution < 1.29 is 9.53 Å². The molecule has 1 amide bonds. The molecular weight excluding hydrogens is 324 g/mol. The average molecular weight is 352 g/mol. The number of hydrogen-bond donors (Lipinski definition) is 0. The van der Waals surface area contributed by atoms with E-state index in [0.29, 0.717) is 0 Å². The van der Waals surface area contributed by atoms with E-state index in [4.69, 9.17) is 4.74 Å². The number of para-hydroxylation sites is 2. The molecule has 0 aromatic heterocycles. The molecule has 0 radical (unpaired) electrons. The van der Waals surface area contributed by atoms with Crippen LogP contribution in [0.25, 0.3) is 0 Å². The molecule has 3 rings (SSSR count). The van der Waals surface area contributed by atoms with E-state index in [1.807, 2.05) is 36.9 Å². The lowest BCUT2D eigenvalue weighted by molar-refractivity contribution is -0.136. The fourth-order valence-corrected chi connectivity index (χ4v) is 3.53. The molecule has 0 bridgehead atoms. The highest BCUT2D eigenvalue weighted by Gasteiger charge is 2.35. The molecule has 138 valence electrons. The number of hydrogen-bond acceptors (Lipinski definition) is 3. The van der Waals surface area contributed by atoms with Gasteiger partial charge in [0.1, 0.15) is 5.75 Å². The Bertz CT molecular complexity index is 760. The Kier molecular flexibility index (Phi) is 5.21. The van der Waals surface area contributed by atoms with Crippen LogP contribution in [-0.2, 0) is 10.2 Å². The number of aryl methyl sites for hydroxylation is 1. The molecule has 0 unspecified atom stereocenters. The van der Waals surface area contributed by atoms with Crippen molar-refractivity contribution in [3.63, 3.8) is 0 Å². The van der Waals surface area contributed by atoms with Crippen LogP contribution in [0.1, 0.15) is 25.0 Å². The summed E-state index contributed by atoms with van der Waals surface area (Å²) in [6, 6.07) is 16.3. The first-order chi connectivity index (χ1) is 12.4. The van der Waals surface area contributed by atoms with Gasteiger partial charge in [-0.3, -0.25) is 4.79 Å². The van der Waals surface area contributed by atoms with Gasteiger partial charge in [-0.15, -0.1) is 0 Å². The van der Waals surface area contributed by atoms with Crippen molar-refractivity contribution in [2.45, 2.75) is 26.2 Å². The minimum Gasteiger partial charge on any atom is -0.495 e. The topological polar surface area (TPSA) is 32.8 Å². The molecule has 1 fully saturated rings. The standard InChI is InChI=1S/C22H28N2O2/c1-17-9-11-18(12-10-17)22(2,3)21(25)24-15-13-23(14-16-24)19-7-5-6-8-20(19)26-4/h5-12H,13-16H2,1-4H3. The molecule has 1 saturated heterocycles. The van der Waals surface area contributed by atoms with Gasteiger partial charge in [0.2, 0.25) is 5.91 Å². The molecule has 0 N–H and O–H groups in total. The highest BCUT2D eigenvalue weighted by atomic mass is 16.5. The molecule has 0 aliphatic carbocycles. The molecule has 1 heterocycles. The summed E-state index contributed by atoms with van der Waals surface area (Å²) in [5, 5.41) is 0. The zero-order chi connectivity index (χ0) is 18.7. The van der Waals surface area contributed by atoms with E-state index in [0.717, 1.165) is 43.2 Å². The highest BCUT2D eigenvalue weighted by Crippen LogP contribution is 2.30. The molecule has 4 nitrogen and oxygen atoms in total. The van der Waals surface area contributed by atoms with Gasteiger partial charge in [0.25, 0.3) is 0 Å². The first kappa shape index (κ1) is 18.3. The number of nitrogens with zero attached hydrogens (tertiary/aromatic N) is 2. The van der Waals surface area contributed by atoms with Crippen molar-refractivity contribution in [2.24, 2.45) is 0 Å². The molecule has 1 aliphatic heterocycles. The SMILES string of the molecule is COc1ccccc1N1CCN(C(=O)C(C)(C)c2ccc(C)cc2)CC1. The molecule has 26 heavy (non-hydrogen) atoms. The second-order valence-corrected chi connectivity index (χ2v) is 7.44. The van der Waals surface area contributed by atoms with E-state index in [9.17, 15) is 4.79 Å². The third-order valence-electron chi connectivity index (χ3n) is 5.30. The van der Waals surface area contributed by atoms with Crippen molar-refractivity contribution in [1.29, 1.82) is 0 Å². The number of methoxy groups -OCH3 is 1. The molecular formula is C22H28N2O2. The second-order valence-electron chi connectivity index (χ2n) is 7.44. The van der Waals surface area contributed by atoms with E-state index < -0.39 is 5.41 Å². The second kappa shape index (κ2) is 7.40. The Balaban J connectivity index is 1.69. The van der Waals surface area contributed by atoms with Crippen LogP contribution in [0.5, 0.6) is 5.75 Å². The lowest BCUT2D eigenvalue weighted by atomic mass is 9.82. The average Bonchev–Trinajstić information content (AvgIpc) is 2.68. The van der Waals surface area contributed by atoms with E-state index in [1.165, 1.54) is 5.56 Å². The van der Waals surface area contributed by atoms with Crippen molar-refractivity contribution in [2.75, 3.05) is 38.2 Å². The fourth-order valence-electron chi connectivity index (χ4n) is 3.53. The summed E-state index contributed by atoms with van der Waals surface area (Å²) in [6.45, 7) is 9.19. The van der Waals surface area contributed by atoms with Crippen LogP contribution in [0.2, 0.25) is 0 Å². The number of piperazine rings is 1. The number of amides is 1. The maximum Gasteiger partial charge on any atom is 0.232 e. The summed E-state index contributed by atoms with van der Waals surface area (Å²) >= 11 is 0. The smallest absolute Gasteiger partial charge is 0.232 e. The van der Waals surface area contributed by atoms with Crippen LogP contribution in [0, 0.1) is 6.92 Å². The van der Waals surface area contributed by atoms with Gasteiger partial charge in [-0.05, 0) is 38.5 Å². The Morgan fingerprint density at radius 2 is 1.58 bits per heavy atom. The van der Waals surface area contributed by atoms with E-state index in [-0.39, 0.29) is 5.91 Å². The predicted octanol–water partition coefficient (Wildman–Crippen LogP) is 3.63. The summed E-state index contributed by atoms with van der Waals surface area (Å²) < 4.78 is 5.47. The summed E-state index contributed by atoms with van der Waals surface area (Å²) in [4.78, 5) is 17.4. The van der Waals surface area contributed by atoms with Gasteiger partial charge in [0, 0.05) is 26.2 Å². The number of carbonyl (C=O) groups is 1.